The van der Waals surface area contributed by atoms with Crippen LogP contribution in [0.5, 0.6) is 5.75 Å². The molecular formula is C20H26N6O2. The van der Waals surface area contributed by atoms with E-state index in [9.17, 15) is 4.79 Å². The lowest BCUT2D eigenvalue weighted by Gasteiger charge is -2.31. The lowest BCUT2D eigenvalue weighted by atomic mass is 10.1. The number of aromatic nitrogens is 1. The smallest absolute Gasteiger partial charge is 0.255 e. The highest BCUT2D eigenvalue weighted by Gasteiger charge is 2.25. The Morgan fingerprint density at radius 2 is 1.89 bits per heavy atom. The van der Waals surface area contributed by atoms with Crippen LogP contribution in [0.15, 0.2) is 36.5 Å². The van der Waals surface area contributed by atoms with Gasteiger partial charge in [-0.1, -0.05) is 12.1 Å². The highest BCUT2D eigenvalue weighted by molar-refractivity contribution is 5.95. The van der Waals surface area contributed by atoms with E-state index in [0.29, 0.717) is 24.5 Å². The molecule has 4 rings (SSSR count). The highest BCUT2D eigenvalue weighted by Crippen LogP contribution is 2.35. The molecule has 2 aromatic rings. The summed E-state index contributed by atoms with van der Waals surface area (Å²) in [5.74, 6) is 6.78. The average molecular weight is 382 g/mol. The number of piperidine rings is 1. The number of anilines is 2. The summed E-state index contributed by atoms with van der Waals surface area (Å²) in [6.07, 6.45) is 4.56. The van der Waals surface area contributed by atoms with Gasteiger partial charge >= 0.3 is 0 Å². The number of likely N-dealkylation sites (tertiary alicyclic amines) is 1. The molecule has 28 heavy (non-hydrogen) atoms. The van der Waals surface area contributed by atoms with Crippen molar-refractivity contribution in [2.24, 2.45) is 11.6 Å². The summed E-state index contributed by atoms with van der Waals surface area (Å²) >= 11 is 0. The number of benzene rings is 1. The number of pyridine rings is 1. The molecule has 1 fully saturated rings. The van der Waals surface area contributed by atoms with E-state index in [1.807, 2.05) is 35.2 Å². The summed E-state index contributed by atoms with van der Waals surface area (Å²) in [5, 5.41) is 0. The fourth-order valence-corrected chi connectivity index (χ4v) is 3.70. The minimum absolute atomic E-state index is 0.0309. The lowest BCUT2D eigenvalue weighted by molar-refractivity contribution is 0.0723. The van der Waals surface area contributed by atoms with E-state index in [-0.39, 0.29) is 5.91 Å². The fraction of sp³-hybridized carbons (Fsp3) is 0.400. The molecule has 1 atom stereocenters. The van der Waals surface area contributed by atoms with Gasteiger partial charge in [-0.25, -0.2) is 10.4 Å². The Bertz CT molecular complexity index is 835. The zero-order valence-electron chi connectivity index (χ0n) is 15.8. The molecule has 1 unspecified atom stereocenters. The van der Waals surface area contributed by atoms with Crippen molar-refractivity contribution >= 4 is 17.4 Å². The van der Waals surface area contributed by atoms with Gasteiger partial charge in [0, 0.05) is 25.0 Å². The average Bonchev–Trinajstić information content (AvgIpc) is 2.78. The number of rotatable bonds is 4. The normalized spacial score (nSPS) is 17.6. The topological polar surface area (TPSA) is 110 Å². The van der Waals surface area contributed by atoms with Crippen LogP contribution in [-0.4, -0.2) is 42.0 Å². The third-order valence-electron chi connectivity index (χ3n) is 5.29. The van der Waals surface area contributed by atoms with E-state index in [0.717, 1.165) is 43.0 Å². The van der Waals surface area contributed by atoms with Gasteiger partial charge in [0.05, 0.1) is 18.3 Å². The van der Waals surface area contributed by atoms with E-state index in [1.165, 1.54) is 6.42 Å². The third-order valence-corrected chi connectivity index (χ3v) is 5.29. The summed E-state index contributed by atoms with van der Waals surface area (Å²) in [6, 6.07) is 9.65. The van der Waals surface area contributed by atoms with Gasteiger partial charge in [0.2, 0.25) is 0 Å². The van der Waals surface area contributed by atoms with E-state index in [2.05, 4.69) is 15.3 Å². The van der Waals surface area contributed by atoms with Crippen molar-refractivity contribution in [3.05, 3.63) is 47.7 Å². The van der Waals surface area contributed by atoms with Gasteiger partial charge in [-0.05, 0) is 43.0 Å². The number of fused-ring (bicyclic) bond motifs is 1. The second-order valence-corrected chi connectivity index (χ2v) is 7.13. The summed E-state index contributed by atoms with van der Waals surface area (Å²) in [4.78, 5) is 21.3. The highest BCUT2D eigenvalue weighted by atomic mass is 16.5. The molecule has 0 aliphatic carbocycles. The van der Waals surface area contributed by atoms with Crippen LogP contribution in [0.25, 0.3) is 0 Å². The number of nitrogens with one attached hydrogen (secondary N) is 1. The number of hydrogen-bond acceptors (Lipinski definition) is 7. The predicted octanol–water partition coefficient (Wildman–Crippen LogP) is 1.66. The van der Waals surface area contributed by atoms with Crippen molar-refractivity contribution in [1.82, 2.24) is 15.3 Å². The Hall–Kier alpha value is -2.68. The molecule has 148 valence electrons. The number of carbonyl (C=O) groups is 1. The number of nitrogens with zero attached hydrogens (tertiary/aromatic N) is 3. The van der Waals surface area contributed by atoms with Crippen LogP contribution in [0, 0.1) is 0 Å². The molecule has 0 radical (unpaired) electrons. The number of hydrogen-bond donors (Lipinski definition) is 3. The first-order chi connectivity index (χ1) is 13.7. The Kier molecular flexibility index (Phi) is 5.43. The molecule has 8 nitrogen and oxygen atoms in total. The molecule has 0 saturated carbocycles. The van der Waals surface area contributed by atoms with Crippen LogP contribution < -0.4 is 26.6 Å². The van der Waals surface area contributed by atoms with Crippen molar-refractivity contribution in [2.75, 3.05) is 31.1 Å². The van der Waals surface area contributed by atoms with E-state index in [1.54, 1.807) is 6.20 Å². The molecule has 5 N–H and O–H groups in total. The second kappa shape index (κ2) is 8.14. The van der Waals surface area contributed by atoms with Crippen molar-refractivity contribution in [3.63, 3.8) is 0 Å². The Morgan fingerprint density at radius 1 is 1.14 bits per heavy atom. The molecule has 8 heteroatoms. The number of amides is 1. The lowest BCUT2D eigenvalue weighted by Crippen LogP contribution is -2.36. The maximum atomic E-state index is 12.8. The Balaban J connectivity index is 1.57. The molecule has 0 spiro atoms. The summed E-state index contributed by atoms with van der Waals surface area (Å²) in [7, 11) is 0. The van der Waals surface area contributed by atoms with Gasteiger partial charge in [0.25, 0.3) is 5.91 Å². The molecule has 2 aliphatic rings. The molecule has 1 aromatic carbocycles. The van der Waals surface area contributed by atoms with Crippen molar-refractivity contribution in [1.29, 1.82) is 0 Å². The maximum Gasteiger partial charge on any atom is 0.255 e. The van der Waals surface area contributed by atoms with Gasteiger partial charge in [0.1, 0.15) is 6.61 Å². The predicted molar refractivity (Wildman–Crippen MR) is 107 cm³/mol. The summed E-state index contributed by atoms with van der Waals surface area (Å²) < 4.78 is 5.81. The van der Waals surface area contributed by atoms with Crippen LogP contribution in [0.3, 0.4) is 0 Å². The van der Waals surface area contributed by atoms with E-state index < -0.39 is 6.17 Å². The van der Waals surface area contributed by atoms with E-state index >= 15 is 0 Å². The molecule has 2 aliphatic heterocycles. The number of carbonyl (C=O) groups excluding carboxylic acids is 1. The third kappa shape index (κ3) is 3.66. The van der Waals surface area contributed by atoms with Gasteiger partial charge in [-0.2, -0.15) is 0 Å². The van der Waals surface area contributed by atoms with Gasteiger partial charge in [-0.3, -0.25) is 10.6 Å². The van der Waals surface area contributed by atoms with Crippen molar-refractivity contribution in [2.45, 2.75) is 25.4 Å². The first kappa shape index (κ1) is 18.7. The minimum atomic E-state index is -0.410. The quantitative estimate of drug-likeness (QED) is 0.419. The summed E-state index contributed by atoms with van der Waals surface area (Å²) in [5.41, 5.74) is 10.9. The largest absolute Gasteiger partial charge is 0.488 e. The standard InChI is InChI=1S/C20H26N6O2/c21-18(24-22)14-4-6-16(7-5-14)26-10-11-28-17-12-15(13-23-19(17)26)20(27)25-8-2-1-3-9-25/h4-7,12-13,18,24H,1-3,8-11,21-22H2. The SMILES string of the molecule is NNC(N)c1ccc(N2CCOc3cc(C(=O)N4CCCCC4)cnc32)cc1. The molecule has 3 heterocycles. The van der Waals surface area contributed by atoms with Gasteiger partial charge in [-0.15, -0.1) is 0 Å². The molecule has 0 bridgehead atoms. The first-order valence-corrected chi connectivity index (χ1v) is 9.68. The van der Waals surface area contributed by atoms with Crippen LogP contribution in [0.2, 0.25) is 0 Å². The van der Waals surface area contributed by atoms with E-state index in [4.69, 9.17) is 16.3 Å². The Morgan fingerprint density at radius 3 is 2.61 bits per heavy atom. The van der Waals surface area contributed by atoms with Crippen LogP contribution in [0.4, 0.5) is 11.5 Å². The molecule has 1 aromatic heterocycles. The maximum absolute atomic E-state index is 12.8. The molecule has 1 amide bonds. The minimum Gasteiger partial charge on any atom is -0.488 e. The van der Waals surface area contributed by atoms with Crippen molar-refractivity contribution < 1.29 is 9.53 Å². The van der Waals surface area contributed by atoms with Gasteiger partial charge < -0.3 is 20.3 Å². The summed E-state index contributed by atoms with van der Waals surface area (Å²) in [6.45, 7) is 2.84. The second-order valence-electron chi connectivity index (χ2n) is 7.13. The van der Waals surface area contributed by atoms with Crippen molar-refractivity contribution in [3.8, 4) is 5.75 Å². The fourth-order valence-electron chi connectivity index (χ4n) is 3.70. The number of hydrazine groups is 1. The van der Waals surface area contributed by atoms with Crippen LogP contribution in [0.1, 0.15) is 41.3 Å². The van der Waals surface area contributed by atoms with Gasteiger partial charge in [0.15, 0.2) is 11.6 Å². The molecular weight excluding hydrogens is 356 g/mol. The zero-order chi connectivity index (χ0) is 19.5. The number of ether oxygens (including phenoxy) is 1. The Labute approximate surface area is 164 Å². The van der Waals surface area contributed by atoms with Crippen LogP contribution >= 0.6 is 0 Å². The monoisotopic (exact) mass is 382 g/mol. The molecule has 1 saturated heterocycles. The first-order valence-electron chi connectivity index (χ1n) is 9.68. The number of nitrogens with two attached hydrogens (primary N) is 2. The zero-order valence-corrected chi connectivity index (χ0v) is 15.8. The van der Waals surface area contributed by atoms with Crippen LogP contribution in [-0.2, 0) is 0 Å².